The second-order valence-corrected chi connectivity index (χ2v) is 14.4. The summed E-state index contributed by atoms with van der Waals surface area (Å²) in [6.07, 6.45) is -1.95. The number of carbonyl (C=O) groups excluding carboxylic acids is 1. The minimum Gasteiger partial charge on any atom is -0.444 e. The van der Waals surface area contributed by atoms with E-state index < -0.39 is 39.2 Å². The Labute approximate surface area is 242 Å². The molecule has 4 heterocycles. The number of hydrogen-bond donors (Lipinski definition) is 1. The lowest BCUT2D eigenvalue weighted by Crippen LogP contribution is -2.59. The van der Waals surface area contributed by atoms with Crippen LogP contribution in [0.3, 0.4) is 0 Å². The van der Waals surface area contributed by atoms with Crippen LogP contribution in [0.25, 0.3) is 10.9 Å². The van der Waals surface area contributed by atoms with Crippen molar-refractivity contribution in [2.75, 3.05) is 23.7 Å². The quantitative estimate of drug-likeness (QED) is 0.390. The van der Waals surface area contributed by atoms with Gasteiger partial charge in [-0.3, -0.25) is 9.47 Å². The van der Waals surface area contributed by atoms with E-state index >= 15 is 0 Å². The van der Waals surface area contributed by atoms with Gasteiger partial charge in [0.25, 0.3) is 0 Å². The fourth-order valence-electron chi connectivity index (χ4n) is 5.56. The number of thiol groups is 1. The van der Waals surface area contributed by atoms with E-state index in [1.54, 1.807) is 49.0 Å². The Hall–Kier alpha value is -3.06. The van der Waals surface area contributed by atoms with Gasteiger partial charge in [0.1, 0.15) is 17.2 Å². The molecule has 0 saturated carbocycles. The SMILES string of the molecule is C[C@@H]1CN(c2nc(=O)n3c4c(cc(C(F)(F)F)cc24)[SH](Cl)CC(c2ncccn2)C3)C[C@H](C)N1C(=O)OC(C)(C)C. The summed E-state index contributed by atoms with van der Waals surface area (Å²) in [6.45, 7) is 9.64. The Bertz CT molecular complexity index is 1520. The number of anilines is 1. The second kappa shape index (κ2) is 10.6. The smallest absolute Gasteiger partial charge is 0.416 e. The first-order chi connectivity index (χ1) is 19.1. The molecule has 0 aliphatic carbocycles. The van der Waals surface area contributed by atoms with Crippen molar-refractivity contribution < 1.29 is 22.7 Å². The van der Waals surface area contributed by atoms with E-state index in [1.807, 2.05) is 13.8 Å². The number of halogens is 4. The van der Waals surface area contributed by atoms with E-state index in [0.29, 0.717) is 17.1 Å². The third kappa shape index (κ3) is 5.83. The summed E-state index contributed by atoms with van der Waals surface area (Å²) in [6, 6.07) is 3.05. The third-order valence-corrected chi connectivity index (χ3v) is 9.76. The van der Waals surface area contributed by atoms with E-state index in [0.717, 1.165) is 12.1 Å². The van der Waals surface area contributed by atoms with E-state index in [2.05, 4.69) is 15.0 Å². The summed E-state index contributed by atoms with van der Waals surface area (Å²) in [5.74, 6) is 0.531. The van der Waals surface area contributed by atoms with Crippen LogP contribution >= 0.6 is 20.8 Å². The lowest BCUT2D eigenvalue weighted by molar-refractivity contribution is -0.137. The molecule has 0 spiro atoms. The average Bonchev–Trinajstić information content (AvgIpc) is 3.02. The monoisotopic (exact) mass is 612 g/mol. The molecule has 3 aromatic rings. The molecule has 5 rings (SSSR count). The van der Waals surface area contributed by atoms with E-state index in [9.17, 15) is 22.8 Å². The molecule has 0 bridgehead atoms. The van der Waals surface area contributed by atoms with Crippen LogP contribution in [0.5, 0.6) is 0 Å². The van der Waals surface area contributed by atoms with Crippen molar-refractivity contribution in [3.05, 3.63) is 52.5 Å². The minimum atomic E-state index is -4.64. The maximum absolute atomic E-state index is 14.2. The molecule has 1 saturated heterocycles. The summed E-state index contributed by atoms with van der Waals surface area (Å²) in [7, 11) is 5.24. The molecule has 2 aliphatic rings. The van der Waals surface area contributed by atoms with Crippen molar-refractivity contribution in [2.24, 2.45) is 0 Å². The highest BCUT2D eigenvalue weighted by Gasteiger charge is 2.39. The molecule has 2 aliphatic heterocycles. The van der Waals surface area contributed by atoms with Gasteiger partial charge >= 0.3 is 18.0 Å². The van der Waals surface area contributed by atoms with Crippen LogP contribution in [0, 0.1) is 0 Å². The van der Waals surface area contributed by atoms with Gasteiger partial charge in [-0.25, -0.2) is 19.6 Å². The molecular weight excluding hydrogens is 581 g/mol. The molecule has 222 valence electrons. The molecule has 41 heavy (non-hydrogen) atoms. The molecule has 4 atom stereocenters. The maximum atomic E-state index is 14.2. The Morgan fingerprint density at radius 2 is 1.71 bits per heavy atom. The first-order valence-corrected chi connectivity index (χ1v) is 15.7. The van der Waals surface area contributed by atoms with Gasteiger partial charge in [0.2, 0.25) is 0 Å². The van der Waals surface area contributed by atoms with Gasteiger partial charge in [-0.1, -0.05) is 10.7 Å². The third-order valence-electron chi connectivity index (χ3n) is 7.18. The van der Waals surface area contributed by atoms with Crippen LogP contribution in [-0.4, -0.2) is 67.0 Å². The van der Waals surface area contributed by atoms with Gasteiger partial charge in [0, 0.05) is 54.0 Å². The van der Waals surface area contributed by atoms with Gasteiger partial charge in [-0.15, -0.1) is 10.1 Å². The Balaban J connectivity index is 1.63. The van der Waals surface area contributed by atoms with Gasteiger partial charge in [0.05, 0.1) is 23.2 Å². The van der Waals surface area contributed by atoms with Crippen LogP contribution in [0.15, 0.2) is 40.3 Å². The van der Waals surface area contributed by atoms with E-state index in [-0.39, 0.29) is 53.7 Å². The number of ether oxygens (including phenoxy) is 1. The number of carbonyl (C=O) groups is 1. The van der Waals surface area contributed by atoms with Gasteiger partial charge in [-0.05, 0) is 52.8 Å². The molecule has 1 aromatic carbocycles. The van der Waals surface area contributed by atoms with Crippen molar-refractivity contribution in [2.45, 2.75) is 75.8 Å². The highest BCUT2D eigenvalue weighted by atomic mass is 35.7. The molecular formula is C27H32ClF3N6O3S. The standard InChI is InChI=1S/C27H32ClF3N6O3S/c1-15-11-35(12-16(2)37(15)25(39)40-26(3,4)5)23-19-9-18(27(29,30)31)10-20-21(19)36(24(38)34-23)13-17(14-41(20)28)22-32-7-6-8-33-22/h6-10,15-17,41H,11-14H2,1-5H3/t15-,16+,17?. The Morgan fingerprint density at radius 3 is 2.29 bits per heavy atom. The molecule has 1 amide bonds. The zero-order valence-electron chi connectivity index (χ0n) is 23.3. The van der Waals surface area contributed by atoms with Crippen molar-refractivity contribution >= 4 is 43.6 Å². The van der Waals surface area contributed by atoms with Crippen LogP contribution in [0.1, 0.15) is 51.9 Å². The highest BCUT2D eigenvalue weighted by Crippen LogP contribution is 2.51. The normalized spacial score (nSPS) is 24.3. The average molecular weight is 613 g/mol. The number of rotatable bonds is 2. The summed E-state index contributed by atoms with van der Waals surface area (Å²) < 4.78 is 49.5. The minimum absolute atomic E-state index is 0.135. The molecule has 1 fully saturated rings. The summed E-state index contributed by atoms with van der Waals surface area (Å²) >= 11 is 0. The molecule has 9 nitrogen and oxygen atoms in total. The first-order valence-electron chi connectivity index (χ1n) is 13.3. The summed E-state index contributed by atoms with van der Waals surface area (Å²) in [5.41, 5.74) is -1.78. The number of amides is 1. The second-order valence-electron chi connectivity index (χ2n) is 11.6. The Morgan fingerprint density at radius 1 is 1.07 bits per heavy atom. The van der Waals surface area contributed by atoms with Crippen molar-refractivity contribution in [1.29, 1.82) is 0 Å². The van der Waals surface area contributed by atoms with Crippen molar-refractivity contribution in [3.63, 3.8) is 0 Å². The number of aromatic nitrogens is 4. The number of benzene rings is 1. The largest absolute Gasteiger partial charge is 0.444 e. The maximum Gasteiger partial charge on any atom is 0.416 e. The van der Waals surface area contributed by atoms with Crippen LogP contribution < -0.4 is 10.6 Å². The number of hydrogen-bond acceptors (Lipinski definition) is 7. The fourth-order valence-corrected chi connectivity index (χ4v) is 8.06. The van der Waals surface area contributed by atoms with Gasteiger partial charge in [-0.2, -0.15) is 18.2 Å². The zero-order chi connectivity index (χ0) is 29.9. The van der Waals surface area contributed by atoms with E-state index in [4.69, 9.17) is 15.4 Å². The summed E-state index contributed by atoms with van der Waals surface area (Å²) in [5, 5.41) is 0.197. The van der Waals surface area contributed by atoms with E-state index in [1.165, 1.54) is 4.57 Å². The van der Waals surface area contributed by atoms with Crippen LogP contribution in [0.4, 0.5) is 23.8 Å². The summed E-state index contributed by atoms with van der Waals surface area (Å²) in [4.78, 5) is 43.1. The highest BCUT2D eigenvalue weighted by molar-refractivity contribution is 8.36. The molecule has 2 aromatic heterocycles. The van der Waals surface area contributed by atoms with Gasteiger partial charge in [0.15, 0.2) is 0 Å². The molecule has 0 N–H and O–H groups in total. The lowest BCUT2D eigenvalue weighted by atomic mass is 10.1. The van der Waals surface area contributed by atoms with Crippen LogP contribution in [0.2, 0.25) is 0 Å². The van der Waals surface area contributed by atoms with Crippen LogP contribution in [-0.2, 0) is 17.5 Å². The molecule has 2 unspecified atom stereocenters. The topological polar surface area (TPSA) is 93.5 Å². The first kappa shape index (κ1) is 29.4. The predicted octanol–water partition coefficient (Wildman–Crippen LogP) is 5.35. The number of piperazine rings is 1. The number of alkyl halides is 3. The van der Waals surface area contributed by atoms with Gasteiger partial charge < -0.3 is 9.64 Å². The number of nitrogens with zero attached hydrogens (tertiary/aromatic N) is 6. The lowest BCUT2D eigenvalue weighted by Gasteiger charge is -2.45. The Kier molecular flexibility index (Phi) is 7.64. The van der Waals surface area contributed by atoms with Crippen molar-refractivity contribution in [3.8, 4) is 0 Å². The zero-order valence-corrected chi connectivity index (χ0v) is 25.0. The molecule has 14 heteroatoms. The fraction of sp³-hybridized carbons (Fsp3) is 0.519. The molecule has 0 radical (unpaired) electrons. The predicted molar refractivity (Wildman–Crippen MR) is 153 cm³/mol. The van der Waals surface area contributed by atoms with Crippen molar-refractivity contribution in [1.82, 2.24) is 24.4 Å².